The number of ether oxygens (including phenoxy) is 1. The van der Waals surface area contributed by atoms with Crippen molar-refractivity contribution in [1.82, 2.24) is 0 Å². The van der Waals surface area contributed by atoms with Crippen LogP contribution in [0.25, 0.3) is 5.76 Å². The van der Waals surface area contributed by atoms with Gasteiger partial charge in [0.1, 0.15) is 17.3 Å². The Morgan fingerprint density at radius 3 is 2.48 bits per heavy atom. The van der Waals surface area contributed by atoms with E-state index in [-0.39, 0.29) is 16.7 Å². The zero-order valence-electron chi connectivity index (χ0n) is 17.7. The average Bonchev–Trinajstić information content (AvgIpc) is 3.09. The van der Waals surface area contributed by atoms with Gasteiger partial charge in [0.2, 0.25) is 0 Å². The molecule has 1 unspecified atom stereocenters. The zero-order valence-corrected chi connectivity index (χ0v) is 17.7. The van der Waals surface area contributed by atoms with Gasteiger partial charge >= 0.3 is 0 Å². The number of Topliss-reactive ketones (excluding diaryl/α,β-unsaturated/α-hetero) is 1. The monoisotopic (exact) mass is 442 g/mol. The number of ketones is 1. The first kappa shape index (κ1) is 21.8. The third-order valence-corrected chi connectivity index (χ3v) is 5.34. The molecule has 4 rings (SSSR count). The van der Waals surface area contributed by atoms with Crippen LogP contribution in [0, 0.1) is 17.1 Å². The fourth-order valence-electron chi connectivity index (χ4n) is 3.84. The first-order valence-corrected chi connectivity index (χ1v) is 10.2. The standard InChI is InChI=1S/C26H19FN2O4/c1-2-33-19-7-5-6-17(14-19)24(30)22-23(20-8-3-4-9-21(20)27)29(26(32)25(22)31)18-12-10-16(15-28)11-13-18/h3-14,23,30H,2H2,1H3/b24-22-. The van der Waals surface area contributed by atoms with Gasteiger partial charge in [0.05, 0.1) is 29.9 Å². The van der Waals surface area contributed by atoms with Crippen LogP contribution in [-0.4, -0.2) is 23.4 Å². The minimum atomic E-state index is -1.20. The van der Waals surface area contributed by atoms with Crippen LogP contribution < -0.4 is 9.64 Å². The highest BCUT2D eigenvalue weighted by atomic mass is 19.1. The number of aliphatic hydroxyl groups excluding tert-OH is 1. The SMILES string of the molecule is CCOc1cccc(/C(O)=C2/C(=O)C(=O)N(c3ccc(C#N)cc3)C2c2ccccc2F)c1. The molecule has 1 amide bonds. The smallest absolute Gasteiger partial charge is 0.300 e. The molecule has 1 fully saturated rings. The van der Waals surface area contributed by atoms with Gasteiger partial charge in [-0.3, -0.25) is 14.5 Å². The molecule has 6 nitrogen and oxygen atoms in total. The summed E-state index contributed by atoms with van der Waals surface area (Å²) in [5, 5.41) is 20.2. The molecule has 33 heavy (non-hydrogen) atoms. The number of halogens is 1. The third kappa shape index (κ3) is 3.94. The second kappa shape index (κ2) is 8.97. The van der Waals surface area contributed by atoms with Crippen LogP contribution in [0.3, 0.4) is 0 Å². The molecule has 1 aliphatic heterocycles. The van der Waals surface area contributed by atoms with Crippen molar-refractivity contribution < 1.29 is 23.8 Å². The van der Waals surface area contributed by atoms with E-state index >= 15 is 0 Å². The number of amides is 1. The van der Waals surface area contributed by atoms with Crippen molar-refractivity contribution in [2.24, 2.45) is 0 Å². The molecule has 1 saturated heterocycles. The number of carbonyl (C=O) groups excluding carboxylic acids is 2. The summed E-state index contributed by atoms with van der Waals surface area (Å²) >= 11 is 0. The lowest BCUT2D eigenvalue weighted by Crippen LogP contribution is -2.29. The second-order valence-corrected chi connectivity index (χ2v) is 7.31. The molecular formula is C26H19FN2O4. The molecule has 0 aromatic heterocycles. The Labute approximate surface area is 189 Å². The van der Waals surface area contributed by atoms with Crippen LogP contribution in [-0.2, 0) is 9.59 Å². The maximum atomic E-state index is 14.9. The Bertz CT molecular complexity index is 1310. The molecule has 1 aliphatic rings. The van der Waals surface area contributed by atoms with Crippen molar-refractivity contribution >= 4 is 23.1 Å². The van der Waals surface area contributed by atoms with Crippen molar-refractivity contribution in [3.63, 3.8) is 0 Å². The third-order valence-electron chi connectivity index (χ3n) is 5.34. The van der Waals surface area contributed by atoms with E-state index in [0.717, 1.165) is 4.90 Å². The van der Waals surface area contributed by atoms with Crippen LogP contribution in [0.5, 0.6) is 5.75 Å². The average molecular weight is 442 g/mol. The van der Waals surface area contributed by atoms with Crippen LogP contribution >= 0.6 is 0 Å². The Hall–Kier alpha value is -4.44. The molecule has 1 atom stereocenters. The van der Waals surface area contributed by atoms with E-state index in [1.54, 1.807) is 30.3 Å². The van der Waals surface area contributed by atoms with Gasteiger partial charge < -0.3 is 9.84 Å². The van der Waals surface area contributed by atoms with E-state index in [4.69, 9.17) is 10.00 Å². The number of carbonyl (C=O) groups is 2. The van der Waals surface area contributed by atoms with Crippen molar-refractivity contribution in [2.45, 2.75) is 13.0 Å². The summed E-state index contributed by atoms with van der Waals surface area (Å²) < 4.78 is 20.4. The first-order valence-electron chi connectivity index (χ1n) is 10.2. The minimum absolute atomic E-state index is 0.0589. The predicted molar refractivity (Wildman–Crippen MR) is 120 cm³/mol. The summed E-state index contributed by atoms with van der Waals surface area (Å²) in [6.45, 7) is 2.22. The molecule has 0 saturated carbocycles. The van der Waals surface area contributed by atoms with Crippen LogP contribution in [0.4, 0.5) is 10.1 Å². The lowest BCUT2D eigenvalue weighted by molar-refractivity contribution is -0.132. The quantitative estimate of drug-likeness (QED) is 0.351. The highest BCUT2D eigenvalue weighted by Gasteiger charge is 2.47. The van der Waals surface area contributed by atoms with Gasteiger partial charge in [0.25, 0.3) is 11.7 Å². The van der Waals surface area contributed by atoms with Crippen LogP contribution in [0.1, 0.15) is 29.7 Å². The number of rotatable bonds is 5. The maximum absolute atomic E-state index is 14.9. The molecule has 0 radical (unpaired) electrons. The van der Waals surface area contributed by atoms with E-state index in [1.165, 1.54) is 42.5 Å². The van der Waals surface area contributed by atoms with Crippen molar-refractivity contribution in [3.05, 3.63) is 101 Å². The van der Waals surface area contributed by atoms with E-state index in [2.05, 4.69) is 0 Å². The van der Waals surface area contributed by atoms with Crippen molar-refractivity contribution in [2.75, 3.05) is 11.5 Å². The molecule has 0 bridgehead atoms. The number of nitriles is 1. The summed E-state index contributed by atoms with van der Waals surface area (Å²) in [5.74, 6) is -2.43. The summed E-state index contributed by atoms with van der Waals surface area (Å²) in [6.07, 6.45) is 0. The van der Waals surface area contributed by atoms with Crippen LogP contribution in [0.15, 0.2) is 78.4 Å². The molecule has 164 valence electrons. The maximum Gasteiger partial charge on any atom is 0.300 e. The van der Waals surface area contributed by atoms with Gasteiger partial charge in [-0.05, 0) is 49.4 Å². The summed E-state index contributed by atoms with van der Waals surface area (Å²) in [6, 6.07) is 19.1. The number of benzene rings is 3. The van der Waals surface area contributed by atoms with E-state index in [0.29, 0.717) is 23.6 Å². The molecule has 3 aromatic rings. The topological polar surface area (TPSA) is 90.6 Å². The molecule has 1 N–H and O–H groups in total. The van der Waals surface area contributed by atoms with Gasteiger partial charge in [-0.15, -0.1) is 0 Å². The Morgan fingerprint density at radius 2 is 1.82 bits per heavy atom. The lowest BCUT2D eigenvalue weighted by Gasteiger charge is -2.25. The number of aliphatic hydroxyl groups is 1. The van der Waals surface area contributed by atoms with Crippen LogP contribution in [0.2, 0.25) is 0 Å². The van der Waals surface area contributed by atoms with Crippen molar-refractivity contribution in [3.8, 4) is 11.8 Å². The summed E-state index contributed by atoms with van der Waals surface area (Å²) in [7, 11) is 0. The minimum Gasteiger partial charge on any atom is -0.507 e. The Kier molecular flexibility index (Phi) is 5.92. The highest BCUT2D eigenvalue weighted by molar-refractivity contribution is 6.51. The number of hydrogen-bond donors (Lipinski definition) is 1. The first-order chi connectivity index (χ1) is 16.0. The number of nitrogens with zero attached hydrogens (tertiary/aromatic N) is 2. The second-order valence-electron chi connectivity index (χ2n) is 7.31. The van der Waals surface area contributed by atoms with Gasteiger partial charge in [-0.1, -0.05) is 30.3 Å². The van der Waals surface area contributed by atoms with Gasteiger partial charge in [0.15, 0.2) is 0 Å². The zero-order chi connectivity index (χ0) is 23.5. The molecule has 0 spiro atoms. The molecule has 7 heteroatoms. The largest absolute Gasteiger partial charge is 0.507 e. The highest BCUT2D eigenvalue weighted by Crippen LogP contribution is 2.43. The van der Waals surface area contributed by atoms with Gasteiger partial charge in [-0.25, -0.2) is 4.39 Å². The molecular weight excluding hydrogens is 423 g/mol. The van der Waals surface area contributed by atoms with Gasteiger partial charge in [0, 0.05) is 16.8 Å². The number of hydrogen-bond acceptors (Lipinski definition) is 5. The fraction of sp³-hybridized carbons (Fsp3) is 0.115. The summed E-state index contributed by atoms with van der Waals surface area (Å²) in [4.78, 5) is 27.3. The Balaban J connectivity index is 1.93. The number of anilines is 1. The van der Waals surface area contributed by atoms with E-state index in [1.807, 2.05) is 13.0 Å². The molecule has 0 aliphatic carbocycles. The Morgan fingerprint density at radius 1 is 1.09 bits per heavy atom. The molecule has 1 heterocycles. The van der Waals surface area contributed by atoms with E-state index < -0.39 is 29.3 Å². The fourth-order valence-corrected chi connectivity index (χ4v) is 3.84. The van der Waals surface area contributed by atoms with Gasteiger partial charge in [-0.2, -0.15) is 5.26 Å². The normalized spacial score (nSPS) is 17.1. The predicted octanol–water partition coefficient (Wildman–Crippen LogP) is 4.72. The summed E-state index contributed by atoms with van der Waals surface area (Å²) in [5.41, 5.74) is 0.754. The van der Waals surface area contributed by atoms with Crippen molar-refractivity contribution in [1.29, 1.82) is 5.26 Å². The molecule has 3 aromatic carbocycles. The van der Waals surface area contributed by atoms with E-state index in [9.17, 15) is 19.1 Å². The lowest BCUT2D eigenvalue weighted by atomic mass is 9.94.